The molecule has 11 heteroatoms. The number of ether oxygens (including phenoxy) is 1. The summed E-state index contributed by atoms with van der Waals surface area (Å²) < 4.78 is 21.4. The predicted octanol–water partition coefficient (Wildman–Crippen LogP) is 6.73. The lowest BCUT2D eigenvalue weighted by Crippen LogP contribution is -2.41. The summed E-state index contributed by atoms with van der Waals surface area (Å²) in [5.74, 6) is -1.51. The van der Waals surface area contributed by atoms with E-state index in [4.69, 9.17) is 21.4 Å². The number of carboxylic acid groups (broad SMARTS) is 1. The summed E-state index contributed by atoms with van der Waals surface area (Å²) in [6, 6.07) is 16.9. The first-order valence-corrected chi connectivity index (χ1v) is 14.5. The number of benzene rings is 3. The van der Waals surface area contributed by atoms with Crippen molar-refractivity contribution in [2.75, 3.05) is 18.4 Å². The molecule has 3 aromatic carbocycles. The van der Waals surface area contributed by atoms with Gasteiger partial charge in [0, 0.05) is 37.2 Å². The van der Waals surface area contributed by atoms with Gasteiger partial charge in [0.1, 0.15) is 17.7 Å². The fourth-order valence-corrected chi connectivity index (χ4v) is 5.29. The molecule has 9 nitrogen and oxygen atoms in total. The monoisotopic (exact) mass is 618 g/mol. The molecule has 2 amide bonds. The summed E-state index contributed by atoms with van der Waals surface area (Å²) in [5, 5.41) is 16.7. The Kier molecular flexibility index (Phi) is 8.73. The number of nitrogens with zero attached hydrogens (tertiary/aromatic N) is 3. The average molecular weight is 619 g/mol. The minimum Gasteiger partial charge on any atom is -0.490 e. The summed E-state index contributed by atoms with van der Waals surface area (Å²) >= 11 is 6.44. The number of aromatic nitrogens is 2. The number of hydrogen-bond donors (Lipinski definition) is 2. The van der Waals surface area contributed by atoms with E-state index >= 15 is 0 Å². The van der Waals surface area contributed by atoms with Crippen LogP contribution in [0.15, 0.2) is 72.9 Å². The number of likely N-dealkylation sites (tertiary alicyclic amines) is 1. The number of halogens is 2. The molecule has 44 heavy (non-hydrogen) atoms. The van der Waals surface area contributed by atoms with Crippen LogP contribution in [0.2, 0.25) is 5.02 Å². The number of hydrogen-bond acceptors (Lipinski definition) is 5. The van der Waals surface area contributed by atoms with Crippen LogP contribution in [-0.4, -0.2) is 56.8 Å². The molecule has 4 aromatic rings. The maximum absolute atomic E-state index is 13.7. The minimum atomic E-state index is -1.00. The van der Waals surface area contributed by atoms with Crippen molar-refractivity contribution >= 4 is 35.1 Å². The Labute approximate surface area is 259 Å². The summed E-state index contributed by atoms with van der Waals surface area (Å²) in [4.78, 5) is 39.7. The Morgan fingerprint density at radius 2 is 1.64 bits per heavy atom. The molecule has 1 saturated heterocycles. The largest absolute Gasteiger partial charge is 0.490 e. The fraction of sp³-hybridized carbons (Fsp3) is 0.273. The molecule has 1 aliphatic heterocycles. The third-order valence-corrected chi connectivity index (χ3v) is 7.68. The molecule has 2 heterocycles. The molecule has 0 saturated carbocycles. The van der Waals surface area contributed by atoms with Gasteiger partial charge in [-0.05, 0) is 87.5 Å². The lowest BCUT2D eigenvalue weighted by atomic mass is 10.0. The van der Waals surface area contributed by atoms with Crippen LogP contribution in [0.4, 0.5) is 10.1 Å². The molecule has 1 fully saturated rings. The van der Waals surface area contributed by atoms with Crippen LogP contribution in [0, 0.1) is 5.82 Å². The average Bonchev–Trinajstić information content (AvgIpc) is 3.45. The maximum atomic E-state index is 13.7. The smallest absolute Gasteiger partial charge is 0.335 e. The van der Waals surface area contributed by atoms with E-state index in [0.29, 0.717) is 54.2 Å². The molecule has 0 aliphatic carbocycles. The van der Waals surface area contributed by atoms with Crippen LogP contribution in [0.25, 0.3) is 11.3 Å². The van der Waals surface area contributed by atoms with Gasteiger partial charge in [-0.15, -0.1) is 0 Å². The summed E-state index contributed by atoms with van der Waals surface area (Å²) in [5.41, 5.74) is 1.86. The second-order valence-corrected chi connectivity index (χ2v) is 12.0. The van der Waals surface area contributed by atoms with E-state index in [1.807, 2.05) is 20.8 Å². The normalized spacial score (nSPS) is 13.9. The van der Waals surface area contributed by atoms with Crippen LogP contribution in [0.5, 0.6) is 5.75 Å². The molecule has 5 rings (SSSR count). The fourth-order valence-electron chi connectivity index (χ4n) is 5.09. The van der Waals surface area contributed by atoms with Gasteiger partial charge in [-0.25, -0.2) is 9.18 Å². The van der Waals surface area contributed by atoms with Crippen LogP contribution >= 0.6 is 11.6 Å². The van der Waals surface area contributed by atoms with E-state index in [9.17, 15) is 18.8 Å². The SMILES string of the molecule is CC(C)(C)n1ncc(C(=O)Nc2ccc(Cl)c(C(=O)N3CCC(Oc4ccc(C(=O)O)cc4)CC3)c2)c1-c1ccc(F)cc1. The van der Waals surface area contributed by atoms with Gasteiger partial charge in [-0.1, -0.05) is 11.6 Å². The molecule has 0 bridgehead atoms. The summed E-state index contributed by atoms with van der Waals surface area (Å²) in [6.45, 7) is 6.75. The van der Waals surface area contributed by atoms with E-state index < -0.39 is 17.4 Å². The predicted molar refractivity (Wildman–Crippen MR) is 165 cm³/mol. The Bertz CT molecular complexity index is 1690. The van der Waals surface area contributed by atoms with Crippen molar-refractivity contribution in [3.05, 3.63) is 100 Å². The van der Waals surface area contributed by atoms with Gasteiger partial charge < -0.3 is 20.1 Å². The van der Waals surface area contributed by atoms with Crippen molar-refractivity contribution in [1.82, 2.24) is 14.7 Å². The standard InChI is InChI=1S/C33H32ClFN4O5/c1-33(2,3)39-29(20-4-8-22(35)9-5-20)27(19-36-39)30(40)37-23-10-13-28(34)26(18-23)31(41)38-16-14-25(15-17-38)44-24-11-6-21(7-12-24)32(42)43/h4-13,18-19,25H,14-17H2,1-3H3,(H,37,40)(H,42,43). The van der Waals surface area contributed by atoms with E-state index in [1.54, 1.807) is 52.0 Å². The van der Waals surface area contributed by atoms with Crippen LogP contribution < -0.4 is 10.1 Å². The van der Waals surface area contributed by atoms with Gasteiger partial charge in [-0.3, -0.25) is 14.3 Å². The molecular formula is C33H32ClFN4O5. The van der Waals surface area contributed by atoms with Gasteiger partial charge in [0.15, 0.2) is 0 Å². The molecule has 0 spiro atoms. The first-order valence-electron chi connectivity index (χ1n) is 14.2. The van der Waals surface area contributed by atoms with Crippen molar-refractivity contribution < 1.29 is 28.6 Å². The zero-order valence-electron chi connectivity index (χ0n) is 24.5. The second kappa shape index (κ2) is 12.5. The molecular weight excluding hydrogens is 587 g/mol. The number of anilines is 1. The Morgan fingerprint density at radius 1 is 0.977 bits per heavy atom. The van der Waals surface area contributed by atoms with Gasteiger partial charge in [0.25, 0.3) is 11.8 Å². The summed E-state index contributed by atoms with van der Waals surface area (Å²) in [7, 11) is 0. The van der Waals surface area contributed by atoms with Gasteiger partial charge >= 0.3 is 5.97 Å². The van der Waals surface area contributed by atoms with Crippen molar-refractivity contribution in [2.24, 2.45) is 0 Å². The Balaban J connectivity index is 1.28. The molecule has 228 valence electrons. The first-order chi connectivity index (χ1) is 20.9. The van der Waals surface area contributed by atoms with E-state index in [-0.39, 0.29) is 34.0 Å². The maximum Gasteiger partial charge on any atom is 0.335 e. The molecule has 0 radical (unpaired) electrons. The van der Waals surface area contributed by atoms with Crippen LogP contribution in [0.3, 0.4) is 0 Å². The molecule has 0 atom stereocenters. The molecule has 2 N–H and O–H groups in total. The van der Waals surface area contributed by atoms with Crippen molar-refractivity contribution in [3.63, 3.8) is 0 Å². The highest BCUT2D eigenvalue weighted by Gasteiger charge is 2.28. The summed E-state index contributed by atoms with van der Waals surface area (Å²) in [6.07, 6.45) is 2.53. The molecule has 1 aromatic heterocycles. The highest BCUT2D eigenvalue weighted by atomic mass is 35.5. The van der Waals surface area contributed by atoms with Crippen LogP contribution in [0.1, 0.15) is 64.7 Å². The Hall–Kier alpha value is -4.70. The quantitative estimate of drug-likeness (QED) is 0.237. The third-order valence-electron chi connectivity index (χ3n) is 7.35. The molecule has 0 unspecified atom stereocenters. The van der Waals surface area contributed by atoms with Gasteiger partial charge in [-0.2, -0.15) is 5.10 Å². The number of carboxylic acids is 1. The van der Waals surface area contributed by atoms with E-state index in [2.05, 4.69) is 10.4 Å². The van der Waals surface area contributed by atoms with Crippen molar-refractivity contribution in [1.29, 1.82) is 0 Å². The van der Waals surface area contributed by atoms with E-state index in [0.717, 1.165) is 0 Å². The zero-order chi connectivity index (χ0) is 31.6. The topological polar surface area (TPSA) is 114 Å². The Morgan fingerprint density at radius 3 is 2.25 bits per heavy atom. The lowest BCUT2D eigenvalue weighted by molar-refractivity contribution is 0.0595. The number of nitrogens with one attached hydrogen (secondary N) is 1. The van der Waals surface area contributed by atoms with Crippen molar-refractivity contribution in [3.8, 4) is 17.0 Å². The first kappa shape index (κ1) is 30.7. The highest BCUT2D eigenvalue weighted by molar-refractivity contribution is 6.34. The highest BCUT2D eigenvalue weighted by Crippen LogP contribution is 2.31. The third kappa shape index (κ3) is 6.75. The second-order valence-electron chi connectivity index (χ2n) is 11.6. The van der Waals surface area contributed by atoms with Gasteiger partial charge in [0.05, 0.1) is 39.1 Å². The van der Waals surface area contributed by atoms with Gasteiger partial charge in [0.2, 0.25) is 0 Å². The number of carbonyl (C=O) groups is 3. The van der Waals surface area contributed by atoms with Crippen LogP contribution in [-0.2, 0) is 5.54 Å². The number of piperidine rings is 1. The lowest BCUT2D eigenvalue weighted by Gasteiger charge is -2.32. The molecule has 1 aliphatic rings. The van der Waals surface area contributed by atoms with E-state index in [1.165, 1.54) is 30.5 Å². The number of carbonyl (C=O) groups excluding carboxylic acids is 2. The number of aromatic carboxylic acids is 1. The zero-order valence-corrected chi connectivity index (χ0v) is 25.3. The minimum absolute atomic E-state index is 0.125. The number of amides is 2. The van der Waals surface area contributed by atoms with Crippen molar-refractivity contribution in [2.45, 2.75) is 45.3 Å². The number of rotatable bonds is 7.